The lowest BCUT2D eigenvalue weighted by Gasteiger charge is -2.26. The fourth-order valence-corrected chi connectivity index (χ4v) is 6.65. The van der Waals surface area contributed by atoms with Gasteiger partial charge in [-0.3, -0.25) is 0 Å². The zero-order valence-corrected chi connectivity index (χ0v) is 17.0. The van der Waals surface area contributed by atoms with Gasteiger partial charge in [0.1, 0.15) is 0 Å². The monoisotopic (exact) mass is 417 g/mol. The van der Waals surface area contributed by atoms with Crippen molar-refractivity contribution in [3.8, 4) is 0 Å². The molecule has 3 rings (SSSR count). The third kappa shape index (κ3) is 4.95. The molecule has 0 aliphatic carbocycles. The van der Waals surface area contributed by atoms with Gasteiger partial charge in [-0.25, -0.2) is 8.42 Å². The van der Waals surface area contributed by atoms with Crippen LogP contribution in [0.5, 0.6) is 0 Å². The largest absolute Gasteiger partial charge is 0.379 e. The highest BCUT2D eigenvalue weighted by atomic mass is 32.2. The smallest absolute Gasteiger partial charge is 0.243 e. The quantitative estimate of drug-likeness (QED) is 0.641. The number of aromatic nitrogens is 2. The SMILES string of the molecule is CCSc1nnc(SCc2cccc(S(=O)(=O)N3CCOCC3)c2)s1. The molecule has 0 amide bonds. The minimum absolute atomic E-state index is 0.340. The van der Waals surface area contributed by atoms with E-state index < -0.39 is 10.0 Å². The molecule has 1 saturated heterocycles. The van der Waals surface area contributed by atoms with E-state index in [1.165, 1.54) is 4.31 Å². The number of thioether (sulfide) groups is 2. The molecule has 0 unspecified atom stereocenters. The zero-order chi connectivity index (χ0) is 17.7. The van der Waals surface area contributed by atoms with E-state index in [0.29, 0.717) is 37.0 Å². The van der Waals surface area contributed by atoms with E-state index >= 15 is 0 Å². The van der Waals surface area contributed by atoms with Gasteiger partial charge in [0.25, 0.3) is 0 Å². The second-order valence-electron chi connectivity index (χ2n) is 5.22. The number of benzene rings is 1. The van der Waals surface area contributed by atoms with Crippen LogP contribution in [-0.2, 0) is 20.5 Å². The molecular formula is C15H19N3O3S4. The first-order valence-corrected chi connectivity index (χ1v) is 12.1. The van der Waals surface area contributed by atoms with E-state index in [1.54, 1.807) is 53.1 Å². The molecule has 6 nitrogen and oxygen atoms in total. The molecule has 1 aromatic carbocycles. The normalized spacial score (nSPS) is 16.2. The molecule has 25 heavy (non-hydrogen) atoms. The van der Waals surface area contributed by atoms with Crippen LogP contribution in [0.25, 0.3) is 0 Å². The van der Waals surface area contributed by atoms with E-state index in [2.05, 4.69) is 17.1 Å². The van der Waals surface area contributed by atoms with Crippen LogP contribution in [0.4, 0.5) is 0 Å². The van der Waals surface area contributed by atoms with E-state index in [9.17, 15) is 8.42 Å². The topological polar surface area (TPSA) is 72.4 Å². The molecule has 0 saturated carbocycles. The molecule has 0 radical (unpaired) electrons. The lowest BCUT2D eigenvalue weighted by Crippen LogP contribution is -2.40. The van der Waals surface area contributed by atoms with Crippen LogP contribution in [0, 0.1) is 0 Å². The molecule has 1 fully saturated rings. The van der Waals surface area contributed by atoms with Gasteiger partial charge in [0.2, 0.25) is 10.0 Å². The first-order chi connectivity index (χ1) is 12.1. The van der Waals surface area contributed by atoms with Gasteiger partial charge in [-0.1, -0.05) is 53.9 Å². The standard InChI is InChI=1S/C15H19N3O3S4/c1-2-22-14-16-17-15(24-14)23-11-12-4-3-5-13(10-12)25(19,20)18-6-8-21-9-7-18/h3-5,10H,2,6-9,11H2,1H3. The third-order valence-electron chi connectivity index (χ3n) is 3.52. The van der Waals surface area contributed by atoms with Gasteiger partial charge in [-0.2, -0.15) is 4.31 Å². The second-order valence-corrected chi connectivity index (χ2v) is 10.9. The maximum atomic E-state index is 12.7. The molecule has 136 valence electrons. The molecule has 0 bridgehead atoms. The number of sulfonamides is 1. The maximum absolute atomic E-state index is 12.7. The Kier molecular flexibility index (Phi) is 6.75. The van der Waals surface area contributed by atoms with Crippen LogP contribution in [0.2, 0.25) is 0 Å². The number of morpholine rings is 1. The van der Waals surface area contributed by atoms with Crippen LogP contribution in [0.15, 0.2) is 37.8 Å². The fraction of sp³-hybridized carbons (Fsp3) is 0.467. The predicted molar refractivity (Wildman–Crippen MR) is 102 cm³/mol. The number of ether oxygens (including phenoxy) is 1. The summed E-state index contributed by atoms with van der Waals surface area (Å²) >= 11 is 4.83. The zero-order valence-electron chi connectivity index (χ0n) is 13.8. The van der Waals surface area contributed by atoms with E-state index in [0.717, 1.165) is 20.0 Å². The van der Waals surface area contributed by atoms with Gasteiger partial charge in [0, 0.05) is 18.8 Å². The Balaban J connectivity index is 1.68. The van der Waals surface area contributed by atoms with Gasteiger partial charge >= 0.3 is 0 Å². The highest BCUT2D eigenvalue weighted by Gasteiger charge is 2.26. The fourth-order valence-electron chi connectivity index (χ4n) is 2.31. The van der Waals surface area contributed by atoms with Crippen LogP contribution in [-0.4, -0.2) is 55.0 Å². The number of nitrogens with zero attached hydrogens (tertiary/aromatic N) is 3. The third-order valence-corrected chi connectivity index (χ3v) is 8.56. The lowest BCUT2D eigenvalue weighted by atomic mass is 10.2. The van der Waals surface area contributed by atoms with Gasteiger partial charge in [0.05, 0.1) is 18.1 Å². The van der Waals surface area contributed by atoms with Gasteiger partial charge in [0.15, 0.2) is 8.68 Å². The van der Waals surface area contributed by atoms with Gasteiger partial charge < -0.3 is 4.74 Å². The average Bonchev–Trinajstić information content (AvgIpc) is 3.09. The van der Waals surface area contributed by atoms with Crippen molar-refractivity contribution in [3.05, 3.63) is 29.8 Å². The van der Waals surface area contributed by atoms with Gasteiger partial charge in [-0.15, -0.1) is 10.2 Å². The second kappa shape index (κ2) is 8.83. The Bertz CT molecular complexity index is 804. The van der Waals surface area contributed by atoms with Crippen molar-refractivity contribution in [3.63, 3.8) is 0 Å². The Labute approximate surface area is 160 Å². The summed E-state index contributed by atoms with van der Waals surface area (Å²) in [6.07, 6.45) is 0. The molecule has 1 aliphatic heterocycles. The highest BCUT2D eigenvalue weighted by molar-refractivity contribution is 8.02. The molecule has 1 aromatic heterocycles. The summed E-state index contributed by atoms with van der Waals surface area (Å²) in [7, 11) is -3.46. The minimum Gasteiger partial charge on any atom is -0.379 e. The van der Waals surface area contributed by atoms with Crippen LogP contribution in [0.1, 0.15) is 12.5 Å². The van der Waals surface area contributed by atoms with E-state index in [4.69, 9.17) is 4.74 Å². The first-order valence-electron chi connectivity index (χ1n) is 7.85. The Morgan fingerprint density at radius 3 is 2.64 bits per heavy atom. The molecule has 0 atom stereocenters. The van der Waals surface area contributed by atoms with E-state index in [1.807, 2.05) is 6.07 Å². The molecular weight excluding hydrogens is 398 g/mol. The number of hydrogen-bond donors (Lipinski definition) is 0. The molecule has 2 heterocycles. The lowest BCUT2D eigenvalue weighted by molar-refractivity contribution is 0.0730. The Morgan fingerprint density at radius 2 is 1.92 bits per heavy atom. The Morgan fingerprint density at radius 1 is 1.20 bits per heavy atom. The molecule has 0 N–H and O–H groups in total. The molecule has 10 heteroatoms. The summed E-state index contributed by atoms with van der Waals surface area (Å²) < 4.78 is 34.1. The first kappa shape index (κ1) is 19.1. The van der Waals surface area contributed by atoms with Crippen molar-refractivity contribution in [2.45, 2.75) is 26.3 Å². The van der Waals surface area contributed by atoms with Crippen molar-refractivity contribution in [1.29, 1.82) is 0 Å². The van der Waals surface area contributed by atoms with Crippen molar-refractivity contribution in [1.82, 2.24) is 14.5 Å². The van der Waals surface area contributed by atoms with Crippen molar-refractivity contribution in [2.24, 2.45) is 0 Å². The molecule has 0 spiro atoms. The summed E-state index contributed by atoms with van der Waals surface area (Å²) in [5.41, 5.74) is 0.958. The highest BCUT2D eigenvalue weighted by Crippen LogP contribution is 2.31. The summed E-state index contributed by atoms with van der Waals surface area (Å²) in [5.74, 6) is 1.64. The van der Waals surface area contributed by atoms with E-state index in [-0.39, 0.29) is 0 Å². The van der Waals surface area contributed by atoms with Crippen molar-refractivity contribution in [2.75, 3.05) is 32.1 Å². The minimum atomic E-state index is -3.46. The summed E-state index contributed by atoms with van der Waals surface area (Å²) in [6, 6.07) is 7.14. The summed E-state index contributed by atoms with van der Waals surface area (Å²) in [4.78, 5) is 0.340. The Hall–Kier alpha value is -0.650. The summed E-state index contributed by atoms with van der Waals surface area (Å²) in [6.45, 7) is 3.79. The maximum Gasteiger partial charge on any atom is 0.243 e. The summed E-state index contributed by atoms with van der Waals surface area (Å²) in [5, 5.41) is 8.30. The van der Waals surface area contributed by atoms with Gasteiger partial charge in [-0.05, 0) is 23.4 Å². The van der Waals surface area contributed by atoms with Crippen LogP contribution < -0.4 is 0 Å². The van der Waals surface area contributed by atoms with Crippen molar-refractivity contribution < 1.29 is 13.2 Å². The molecule has 1 aliphatic rings. The predicted octanol–water partition coefficient (Wildman–Crippen LogP) is 2.96. The van der Waals surface area contributed by atoms with Crippen molar-refractivity contribution >= 4 is 44.9 Å². The number of hydrogen-bond acceptors (Lipinski definition) is 8. The van der Waals surface area contributed by atoms with Crippen LogP contribution >= 0.6 is 34.9 Å². The average molecular weight is 418 g/mol. The van der Waals surface area contributed by atoms with Crippen LogP contribution in [0.3, 0.4) is 0 Å². The molecule has 2 aromatic rings. The number of rotatable bonds is 7.